The molecule has 1 saturated carbocycles. The molecular formula is C18H26BrNO2. The van der Waals surface area contributed by atoms with E-state index in [1.165, 1.54) is 29.3 Å². The molecular weight excluding hydrogens is 342 g/mol. The molecule has 3 rings (SSSR count). The Balaban J connectivity index is 1.40. The Morgan fingerprint density at radius 3 is 2.77 bits per heavy atom. The summed E-state index contributed by atoms with van der Waals surface area (Å²) in [6.07, 6.45) is 7.09. The van der Waals surface area contributed by atoms with E-state index in [2.05, 4.69) is 45.5 Å². The van der Waals surface area contributed by atoms with E-state index < -0.39 is 0 Å². The van der Waals surface area contributed by atoms with Crippen molar-refractivity contribution < 1.29 is 9.47 Å². The molecule has 0 radical (unpaired) electrons. The van der Waals surface area contributed by atoms with E-state index in [1.54, 1.807) is 0 Å². The predicted molar refractivity (Wildman–Crippen MR) is 91.9 cm³/mol. The van der Waals surface area contributed by atoms with E-state index in [9.17, 15) is 0 Å². The molecule has 1 aliphatic carbocycles. The van der Waals surface area contributed by atoms with Crippen LogP contribution in [0.15, 0.2) is 28.7 Å². The number of hydrogen-bond donors (Lipinski definition) is 1. The summed E-state index contributed by atoms with van der Waals surface area (Å²) in [5, 5.41) is 3.58. The molecule has 0 aromatic heterocycles. The standard InChI is InChI=1S/C18H26BrNO2/c19-17-7-2-1-5-15(17)8-11-20-12-9-16-6-3-4-10-18(16)21-13-14-22-18/h1-2,5,7,16,20H,3-4,6,8-14H2. The first-order chi connectivity index (χ1) is 10.8. The molecule has 1 spiro atoms. The SMILES string of the molecule is Brc1ccccc1CCNCCC1CCCCC12OCCO2. The molecule has 0 amide bonds. The summed E-state index contributed by atoms with van der Waals surface area (Å²) < 4.78 is 13.2. The fraction of sp³-hybridized carbons (Fsp3) is 0.667. The van der Waals surface area contributed by atoms with Crippen molar-refractivity contribution in [3.63, 3.8) is 0 Å². The van der Waals surface area contributed by atoms with Crippen molar-refractivity contribution in [2.45, 2.75) is 44.3 Å². The van der Waals surface area contributed by atoms with Crippen LogP contribution >= 0.6 is 15.9 Å². The highest BCUT2D eigenvalue weighted by Crippen LogP contribution is 2.41. The highest BCUT2D eigenvalue weighted by molar-refractivity contribution is 9.10. The molecule has 1 heterocycles. The van der Waals surface area contributed by atoms with Crippen LogP contribution in [-0.2, 0) is 15.9 Å². The van der Waals surface area contributed by atoms with Crippen molar-refractivity contribution in [3.05, 3.63) is 34.3 Å². The average Bonchev–Trinajstić information content (AvgIpc) is 3.00. The van der Waals surface area contributed by atoms with Gasteiger partial charge in [0.1, 0.15) is 0 Å². The molecule has 1 aromatic carbocycles. The second-order valence-corrected chi connectivity index (χ2v) is 7.19. The third-order valence-electron chi connectivity index (χ3n) is 4.92. The summed E-state index contributed by atoms with van der Waals surface area (Å²) >= 11 is 3.61. The quantitative estimate of drug-likeness (QED) is 0.773. The Hall–Kier alpha value is -0.420. The van der Waals surface area contributed by atoms with E-state index in [4.69, 9.17) is 9.47 Å². The van der Waals surface area contributed by atoms with Crippen molar-refractivity contribution >= 4 is 15.9 Å². The molecule has 1 aromatic rings. The maximum absolute atomic E-state index is 5.98. The van der Waals surface area contributed by atoms with Crippen molar-refractivity contribution in [1.29, 1.82) is 0 Å². The summed E-state index contributed by atoms with van der Waals surface area (Å²) in [5.41, 5.74) is 1.37. The highest BCUT2D eigenvalue weighted by atomic mass is 79.9. The van der Waals surface area contributed by atoms with Crippen LogP contribution < -0.4 is 5.32 Å². The summed E-state index contributed by atoms with van der Waals surface area (Å²) in [7, 11) is 0. The van der Waals surface area contributed by atoms with Crippen LogP contribution in [0.1, 0.15) is 37.7 Å². The third-order valence-corrected chi connectivity index (χ3v) is 5.70. The van der Waals surface area contributed by atoms with Gasteiger partial charge in [-0.15, -0.1) is 0 Å². The number of ether oxygens (including phenoxy) is 2. The number of nitrogens with one attached hydrogen (secondary N) is 1. The Labute approximate surface area is 141 Å². The first-order valence-corrected chi connectivity index (χ1v) is 9.31. The lowest BCUT2D eigenvalue weighted by molar-refractivity contribution is -0.213. The smallest absolute Gasteiger partial charge is 0.171 e. The van der Waals surface area contributed by atoms with Gasteiger partial charge in [0.15, 0.2) is 5.79 Å². The van der Waals surface area contributed by atoms with Gasteiger partial charge in [0.2, 0.25) is 0 Å². The van der Waals surface area contributed by atoms with Gasteiger partial charge < -0.3 is 14.8 Å². The fourth-order valence-electron chi connectivity index (χ4n) is 3.73. The van der Waals surface area contributed by atoms with E-state index in [1.807, 2.05) is 0 Å². The van der Waals surface area contributed by atoms with Gasteiger partial charge in [0.05, 0.1) is 13.2 Å². The molecule has 2 aliphatic rings. The van der Waals surface area contributed by atoms with Crippen LogP contribution in [0.3, 0.4) is 0 Å². The normalized spacial score (nSPS) is 24.0. The second-order valence-electron chi connectivity index (χ2n) is 6.33. The molecule has 1 unspecified atom stereocenters. The topological polar surface area (TPSA) is 30.5 Å². The maximum Gasteiger partial charge on any atom is 0.171 e. The van der Waals surface area contributed by atoms with Crippen LogP contribution in [0.2, 0.25) is 0 Å². The molecule has 1 atom stereocenters. The summed E-state index contributed by atoms with van der Waals surface area (Å²) in [6, 6.07) is 8.45. The summed E-state index contributed by atoms with van der Waals surface area (Å²) in [5.74, 6) is 0.308. The molecule has 4 heteroatoms. The third kappa shape index (κ3) is 3.91. The predicted octanol–water partition coefficient (Wildman–Crippen LogP) is 3.90. The van der Waals surface area contributed by atoms with Crippen molar-refractivity contribution in [2.24, 2.45) is 5.92 Å². The van der Waals surface area contributed by atoms with Crippen LogP contribution in [0.25, 0.3) is 0 Å². The Bertz CT molecular complexity index is 474. The lowest BCUT2D eigenvalue weighted by Gasteiger charge is -2.39. The van der Waals surface area contributed by atoms with Gasteiger partial charge in [0, 0.05) is 16.8 Å². The molecule has 1 saturated heterocycles. The Morgan fingerprint density at radius 1 is 1.14 bits per heavy atom. The van der Waals surface area contributed by atoms with Crippen molar-refractivity contribution in [3.8, 4) is 0 Å². The molecule has 1 aliphatic heterocycles. The summed E-state index contributed by atoms with van der Waals surface area (Å²) in [6.45, 7) is 3.60. The first-order valence-electron chi connectivity index (χ1n) is 8.52. The van der Waals surface area contributed by atoms with Gasteiger partial charge >= 0.3 is 0 Å². The Morgan fingerprint density at radius 2 is 1.95 bits per heavy atom. The zero-order chi connectivity index (χ0) is 15.3. The van der Waals surface area contributed by atoms with Crippen LogP contribution in [0.5, 0.6) is 0 Å². The molecule has 2 fully saturated rings. The monoisotopic (exact) mass is 367 g/mol. The maximum atomic E-state index is 5.98. The molecule has 1 N–H and O–H groups in total. The highest BCUT2D eigenvalue weighted by Gasteiger charge is 2.45. The number of hydrogen-bond acceptors (Lipinski definition) is 3. The van der Waals surface area contributed by atoms with E-state index in [0.29, 0.717) is 5.92 Å². The number of rotatable bonds is 6. The van der Waals surface area contributed by atoms with Crippen LogP contribution in [0.4, 0.5) is 0 Å². The van der Waals surface area contributed by atoms with Gasteiger partial charge in [-0.25, -0.2) is 0 Å². The molecule has 122 valence electrons. The van der Waals surface area contributed by atoms with Crippen molar-refractivity contribution in [1.82, 2.24) is 5.32 Å². The molecule has 3 nitrogen and oxygen atoms in total. The van der Waals surface area contributed by atoms with E-state index in [0.717, 1.165) is 45.6 Å². The lowest BCUT2D eigenvalue weighted by Crippen LogP contribution is -2.43. The van der Waals surface area contributed by atoms with Crippen molar-refractivity contribution in [2.75, 3.05) is 26.3 Å². The van der Waals surface area contributed by atoms with Crippen LogP contribution in [0, 0.1) is 5.92 Å². The van der Waals surface area contributed by atoms with Gasteiger partial charge in [-0.2, -0.15) is 0 Å². The average molecular weight is 368 g/mol. The molecule has 0 bridgehead atoms. The van der Waals surface area contributed by atoms with E-state index in [-0.39, 0.29) is 5.79 Å². The second kappa shape index (κ2) is 7.91. The first kappa shape index (κ1) is 16.4. The minimum atomic E-state index is -0.248. The lowest BCUT2D eigenvalue weighted by atomic mass is 9.81. The minimum Gasteiger partial charge on any atom is -0.347 e. The fourth-order valence-corrected chi connectivity index (χ4v) is 4.21. The Kier molecular flexibility index (Phi) is 5.91. The van der Waals surface area contributed by atoms with Gasteiger partial charge in [0.25, 0.3) is 0 Å². The number of halogens is 1. The van der Waals surface area contributed by atoms with Gasteiger partial charge in [-0.3, -0.25) is 0 Å². The minimum absolute atomic E-state index is 0.248. The number of benzene rings is 1. The summed E-state index contributed by atoms with van der Waals surface area (Å²) in [4.78, 5) is 0. The molecule has 22 heavy (non-hydrogen) atoms. The largest absolute Gasteiger partial charge is 0.347 e. The van der Waals surface area contributed by atoms with Crippen LogP contribution in [-0.4, -0.2) is 32.1 Å². The zero-order valence-electron chi connectivity index (χ0n) is 13.2. The van der Waals surface area contributed by atoms with Gasteiger partial charge in [-0.1, -0.05) is 40.5 Å². The van der Waals surface area contributed by atoms with Gasteiger partial charge in [-0.05, 0) is 50.4 Å². The van der Waals surface area contributed by atoms with E-state index >= 15 is 0 Å². The zero-order valence-corrected chi connectivity index (χ0v) is 14.7.